The molecule has 0 saturated carbocycles. The quantitative estimate of drug-likeness (QED) is 0.213. The second kappa shape index (κ2) is 11.8. The summed E-state index contributed by atoms with van der Waals surface area (Å²) < 4.78 is 30.3. The van der Waals surface area contributed by atoms with E-state index in [0.717, 1.165) is 5.56 Å². The number of hydrogen-bond donors (Lipinski definition) is 0. The van der Waals surface area contributed by atoms with Crippen LogP contribution >= 0.6 is 0 Å². The molecule has 0 bridgehead atoms. The van der Waals surface area contributed by atoms with Crippen molar-refractivity contribution in [2.75, 3.05) is 19.8 Å². The largest absolute Gasteiger partial charge is 0.493 e. The van der Waals surface area contributed by atoms with Gasteiger partial charge in [-0.15, -0.1) is 0 Å². The van der Waals surface area contributed by atoms with Crippen LogP contribution in [0.25, 0.3) is 11.3 Å². The Hall–Kier alpha value is -4.67. The number of Topliss-reactive ketones (excluding diaryl/α,β-unsaturated/α-hetero) is 1. The molecule has 1 saturated heterocycles. The number of carbonyl (C=O) groups excluding carboxylic acids is 3. The van der Waals surface area contributed by atoms with E-state index in [2.05, 4.69) is 15.0 Å². The highest BCUT2D eigenvalue weighted by atomic mass is 19.1. The second-order valence-corrected chi connectivity index (χ2v) is 9.89. The summed E-state index contributed by atoms with van der Waals surface area (Å²) in [6, 6.07) is 10.5. The Morgan fingerprint density at radius 1 is 1.05 bits per heavy atom. The molecule has 3 heterocycles. The standard InChI is InChI=1S/C30H29FN4O6/c1-17(36)24-12-25-27(32-15-22-11-23(41-19(3)37)16-35(22)30(25)38)13-28(24)39-9-4-10-40-29-14-26(33-18(2)34-29)20-5-7-21(31)8-6-20/h5-8,12-15,22-23H,4,9-11,16H2,1-3H3/t22-,23?/m0/s1. The van der Waals surface area contributed by atoms with E-state index in [1.54, 1.807) is 42.3 Å². The zero-order valence-corrected chi connectivity index (χ0v) is 22.9. The van der Waals surface area contributed by atoms with Gasteiger partial charge >= 0.3 is 5.97 Å². The lowest BCUT2D eigenvalue weighted by Crippen LogP contribution is -2.36. The van der Waals surface area contributed by atoms with E-state index in [4.69, 9.17) is 14.2 Å². The van der Waals surface area contributed by atoms with E-state index < -0.39 is 12.1 Å². The first-order valence-corrected chi connectivity index (χ1v) is 13.3. The number of ether oxygens (including phenoxy) is 3. The first-order chi connectivity index (χ1) is 19.7. The Bertz CT molecular complexity index is 1520. The van der Waals surface area contributed by atoms with Gasteiger partial charge in [-0.1, -0.05) is 0 Å². The minimum Gasteiger partial charge on any atom is -0.493 e. The lowest BCUT2D eigenvalue weighted by Gasteiger charge is -2.20. The fourth-order valence-corrected chi connectivity index (χ4v) is 4.88. The Kier molecular flexibility index (Phi) is 8.04. The van der Waals surface area contributed by atoms with Crippen molar-refractivity contribution < 1.29 is 33.0 Å². The summed E-state index contributed by atoms with van der Waals surface area (Å²) in [7, 11) is 0. The summed E-state index contributed by atoms with van der Waals surface area (Å²) in [6.07, 6.45) is 2.22. The van der Waals surface area contributed by atoms with Crippen molar-refractivity contribution in [3.63, 3.8) is 0 Å². The highest BCUT2D eigenvalue weighted by Gasteiger charge is 2.39. The third-order valence-electron chi connectivity index (χ3n) is 6.74. The van der Waals surface area contributed by atoms with E-state index in [1.807, 2.05) is 0 Å². The predicted molar refractivity (Wildman–Crippen MR) is 147 cm³/mol. The zero-order valence-electron chi connectivity index (χ0n) is 22.9. The number of hydrogen-bond acceptors (Lipinski definition) is 9. The first kappa shape index (κ1) is 27.9. The molecule has 2 aromatic carbocycles. The Morgan fingerprint density at radius 2 is 1.80 bits per heavy atom. The minimum absolute atomic E-state index is 0.241. The molecule has 10 nitrogen and oxygen atoms in total. The fraction of sp³-hybridized carbons (Fsp3) is 0.333. The van der Waals surface area contributed by atoms with Crippen LogP contribution in [0.15, 0.2) is 47.5 Å². The van der Waals surface area contributed by atoms with E-state index >= 15 is 0 Å². The maximum absolute atomic E-state index is 13.3. The van der Waals surface area contributed by atoms with E-state index in [-0.39, 0.29) is 48.9 Å². The summed E-state index contributed by atoms with van der Waals surface area (Å²) in [5.74, 6) is -0.0166. The lowest BCUT2D eigenvalue weighted by molar-refractivity contribution is -0.145. The van der Waals surface area contributed by atoms with E-state index in [0.29, 0.717) is 47.2 Å². The van der Waals surface area contributed by atoms with Gasteiger partial charge in [-0.2, -0.15) is 4.98 Å². The van der Waals surface area contributed by atoms with Gasteiger partial charge in [0.1, 0.15) is 23.5 Å². The molecule has 1 unspecified atom stereocenters. The normalized spacial score (nSPS) is 17.5. The van der Waals surface area contributed by atoms with Crippen LogP contribution in [0.4, 0.5) is 10.1 Å². The van der Waals surface area contributed by atoms with Crippen molar-refractivity contribution in [2.45, 2.75) is 45.8 Å². The summed E-state index contributed by atoms with van der Waals surface area (Å²) in [4.78, 5) is 52.0. The van der Waals surface area contributed by atoms with Crippen molar-refractivity contribution in [3.05, 3.63) is 65.2 Å². The van der Waals surface area contributed by atoms with Crippen LogP contribution in [0.5, 0.6) is 11.6 Å². The van der Waals surface area contributed by atoms with Gasteiger partial charge in [0.25, 0.3) is 5.91 Å². The smallest absolute Gasteiger partial charge is 0.302 e. The molecule has 212 valence electrons. The zero-order chi connectivity index (χ0) is 29.1. The number of carbonyl (C=O) groups is 3. The third kappa shape index (κ3) is 6.40. The maximum atomic E-state index is 13.3. The molecule has 11 heteroatoms. The van der Waals surface area contributed by atoms with Crippen molar-refractivity contribution in [1.82, 2.24) is 14.9 Å². The predicted octanol–water partition coefficient (Wildman–Crippen LogP) is 4.50. The van der Waals surface area contributed by atoms with Crippen molar-refractivity contribution in [1.29, 1.82) is 0 Å². The number of aryl methyl sites for hydroxylation is 1. The molecule has 1 fully saturated rings. The van der Waals surface area contributed by atoms with Crippen LogP contribution < -0.4 is 9.47 Å². The first-order valence-electron chi connectivity index (χ1n) is 13.3. The van der Waals surface area contributed by atoms with Crippen LogP contribution in [0, 0.1) is 12.7 Å². The molecular weight excluding hydrogens is 531 g/mol. The molecule has 0 radical (unpaired) electrons. The van der Waals surface area contributed by atoms with Crippen molar-refractivity contribution in [2.24, 2.45) is 4.99 Å². The van der Waals surface area contributed by atoms with Gasteiger partial charge in [0.15, 0.2) is 5.78 Å². The molecule has 1 amide bonds. The molecule has 2 atom stereocenters. The van der Waals surface area contributed by atoms with E-state index in [9.17, 15) is 18.8 Å². The Labute approximate surface area is 236 Å². The number of ketones is 1. The molecule has 5 rings (SSSR count). The maximum Gasteiger partial charge on any atom is 0.302 e. The summed E-state index contributed by atoms with van der Waals surface area (Å²) in [5.41, 5.74) is 2.35. The number of rotatable bonds is 9. The van der Waals surface area contributed by atoms with Crippen molar-refractivity contribution >= 4 is 29.6 Å². The average Bonchev–Trinajstić information content (AvgIpc) is 3.27. The van der Waals surface area contributed by atoms with Crippen LogP contribution in [-0.2, 0) is 9.53 Å². The van der Waals surface area contributed by atoms with Gasteiger partial charge in [-0.25, -0.2) is 9.37 Å². The molecule has 0 spiro atoms. The Morgan fingerprint density at radius 3 is 2.54 bits per heavy atom. The molecule has 3 aromatic rings. The summed E-state index contributed by atoms with van der Waals surface area (Å²) >= 11 is 0. The van der Waals surface area contributed by atoms with Crippen LogP contribution in [0.2, 0.25) is 0 Å². The number of halogens is 1. The summed E-state index contributed by atoms with van der Waals surface area (Å²) in [5, 5.41) is 0. The third-order valence-corrected chi connectivity index (χ3v) is 6.74. The lowest BCUT2D eigenvalue weighted by atomic mass is 10.0. The highest BCUT2D eigenvalue weighted by molar-refractivity contribution is 6.07. The van der Waals surface area contributed by atoms with Gasteiger partial charge < -0.3 is 19.1 Å². The average molecular weight is 561 g/mol. The SMILES string of the molecule is CC(=O)OC1C[C@H]2C=Nc3cc(OCCCOc4cc(-c5ccc(F)cc5)nc(C)n4)c(C(C)=O)cc3C(=O)N2C1. The molecule has 0 aliphatic carbocycles. The number of aliphatic imine (C=N–C) groups is 1. The molecular formula is C30H29FN4O6. The topological polar surface area (TPSA) is 120 Å². The minimum atomic E-state index is -0.398. The number of esters is 1. The van der Waals surface area contributed by atoms with Crippen LogP contribution in [0.1, 0.15) is 53.2 Å². The fourth-order valence-electron chi connectivity index (χ4n) is 4.88. The molecule has 2 aliphatic rings. The van der Waals surface area contributed by atoms with Gasteiger partial charge in [0.05, 0.1) is 48.3 Å². The highest BCUT2D eigenvalue weighted by Crippen LogP contribution is 2.35. The number of benzene rings is 2. The molecule has 0 N–H and O–H groups in total. The van der Waals surface area contributed by atoms with Gasteiger partial charge in [0.2, 0.25) is 5.88 Å². The monoisotopic (exact) mass is 560 g/mol. The van der Waals surface area contributed by atoms with Crippen LogP contribution in [0.3, 0.4) is 0 Å². The second-order valence-electron chi connectivity index (χ2n) is 9.89. The molecule has 41 heavy (non-hydrogen) atoms. The Balaban J connectivity index is 1.23. The number of amides is 1. The number of aromatic nitrogens is 2. The van der Waals surface area contributed by atoms with Gasteiger partial charge in [-0.05, 0) is 44.2 Å². The summed E-state index contributed by atoms with van der Waals surface area (Å²) in [6.45, 7) is 5.29. The van der Waals surface area contributed by atoms with Crippen LogP contribution in [-0.4, -0.2) is 70.6 Å². The number of fused-ring (bicyclic) bond motifs is 2. The van der Waals surface area contributed by atoms with Gasteiger partial charge in [0, 0.05) is 43.7 Å². The van der Waals surface area contributed by atoms with E-state index in [1.165, 1.54) is 32.0 Å². The molecule has 2 aliphatic heterocycles. The molecule has 1 aromatic heterocycles. The number of nitrogens with zero attached hydrogens (tertiary/aromatic N) is 4. The van der Waals surface area contributed by atoms with Crippen molar-refractivity contribution in [3.8, 4) is 22.9 Å². The van der Waals surface area contributed by atoms with Gasteiger partial charge in [-0.3, -0.25) is 19.4 Å².